The maximum Gasteiger partial charge on any atom is 0.255 e. The van der Waals surface area contributed by atoms with Crippen LogP contribution in [0.5, 0.6) is 0 Å². The lowest BCUT2D eigenvalue weighted by molar-refractivity contribution is 0.0953. The van der Waals surface area contributed by atoms with E-state index < -0.39 is 0 Å². The number of para-hydroxylation sites is 1. The number of carbonyl (C=O) groups is 3. The first-order valence-electron chi connectivity index (χ1n) is 10.2. The van der Waals surface area contributed by atoms with E-state index in [9.17, 15) is 14.4 Å². The number of amides is 3. The van der Waals surface area contributed by atoms with Gasteiger partial charge in [0.25, 0.3) is 17.7 Å². The molecule has 6 nitrogen and oxygen atoms in total. The molecule has 158 valence electrons. The molecule has 0 unspecified atom stereocenters. The highest BCUT2D eigenvalue weighted by atomic mass is 16.2. The van der Waals surface area contributed by atoms with Crippen LogP contribution in [0.25, 0.3) is 0 Å². The van der Waals surface area contributed by atoms with Crippen molar-refractivity contribution in [1.82, 2.24) is 5.32 Å². The predicted octanol–water partition coefficient (Wildman–Crippen LogP) is 4.72. The van der Waals surface area contributed by atoms with Gasteiger partial charge in [-0.3, -0.25) is 14.4 Å². The summed E-state index contributed by atoms with van der Waals surface area (Å²) < 4.78 is 0. The maximum absolute atomic E-state index is 12.8. The fourth-order valence-corrected chi connectivity index (χ4v) is 2.99. The third kappa shape index (κ3) is 6.02. The molecular formula is C25H25N3O3. The first-order chi connectivity index (χ1) is 15.1. The van der Waals surface area contributed by atoms with Crippen molar-refractivity contribution < 1.29 is 14.4 Å². The van der Waals surface area contributed by atoms with E-state index in [1.165, 1.54) is 0 Å². The van der Waals surface area contributed by atoms with Gasteiger partial charge in [0.1, 0.15) is 0 Å². The van der Waals surface area contributed by atoms with E-state index in [0.717, 1.165) is 12.8 Å². The highest BCUT2D eigenvalue weighted by molar-refractivity contribution is 6.10. The zero-order valence-electron chi connectivity index (χ0n) is 17.4. The van der Waals surface area contributed by atoms with Crippen LogP contribution >= 0.6 is 0 Å². The number of carbonyl (C=O) groups excluding carboxylic acids is 3. The standard InChI is InChI=1S/C25H25N3O3/c1-2-3-16-26-25(31)21-14-7-8-15-22(21)28-24(30)19-12-9-13-20(17-19)27-23(29)18-10-5-4-6-11-18/h4-15,17H,2-3,16H2,1H3,(H,26,31)(H,27,29)(H,28,30). The average Bonchev–Trinajstić information content (AvgIpc) is 2.80. The largest absolute Gasteiger partial charge is 0.352 e. The Labute approximate surface area is 181 Å². The van der Waals surface area contributed by atoms with Gasteiger partial charge in [-0.1, -0.05) is 49.7 Å². The molecule has 3 amide bonds. The molecule has 31 heavy (non-hydrogen) atoms. The minimum absolute atomic E-state index is 0.228. The number of nitrogens with one attached hydrogen (secondary N) is 3. The molecule has 0 aliphatic heterocycles. The first kappa shape index (κ1) is 21.8. The summed E-state index contributed by atoms with van der Waals surface area (Å²) in [6.07, 6.45) is 1.87. The van der Waals surface area contributed by atoms with E-state index in [2.05, 4.69) is 22.9 Å². The summed E-state index contributed by atoms with van der Waals surface area (Å²) in [7, 11) is 0. The summed E-state index contributed by atoms with van der Waals surface area (Å²) in [5, 5.41) is 8.45. The van der Waals surface area contributed by atoms with Gasteiger partial charge in [-0.05, 0) is 48.9 Å². The van der Waals surface area contributed by atoms with Crippen molar-refractivity contribution in [3.05, 3.63) is 95.6 Å². The third-order valence-corrected chi connectivity index (χ3v) is 4.65. The van der Waals surface area contributed by atoms with Crippen molar-refractivity contribution in [2.75, 3.05) is 17.2 Å². The Hall–Kier alpha value is -3.93. The van der Waals surface area contributed by atoms with E-state index >= 15 is 0 Å². The number of hydrogen-bond acceptors (Lipinski definition) is 3. The molecule has 0 fully saturated rings. The van der Waals surface area contributed by atoms with Crippen LogP contribution in [0.1, 0.15) is 50.8 Å². The highest BCUT2D eigenvalue weighted by Crippen LogP contribution is 2.18. The van der Waals surface area contributed by atoms with Crippen molar-refractivity contribution in [1.29, 1.82) is 0 Å². The van der Waals surface area contributed by atoms with Crippen LogP contribution in [0.4, 0.5) is 11.4 Å². The van der Waals surface area contributed by atoms with E-state index in [4.69, 9.17) is 0 Å². The van der Waals surface area contributed by atoms with Gasteiger partial charge >= 0.3 is 0 Å². The number of anilines is 2. The maximum atomic E-state index is 12.8. The Morgan fingerprint density at radius 2 is 1.39 bits per heavy atom. The molecule has 0 radical (unpaired) electrons. The van der Waals surface area contributed by atoms with Gasteiger partial charge in [-0.15, -0.1) is 0 Å². The monoisotopic (exact) mass is 415 g/mol. The van der Waals surface area contributed by atoms with Gasteiger partial charge in [-0.2, -0.15) is 0 Å². The highest BCUT2D eigenvalue weighted by Gasteiger charge is 2.14. The zero-order valence-corrected chi connectivity index (χ0v) is 17.4. The van der Waals surface area contributed by atoms with E-state index in [-0.39, 0.29) is 17.7 Å². The average molecular weight is 415 g/mol. The lowest BCUT2D eigenvalue weighted by Crippen LogP contribution is -2.26. The van der Waals surface area contributed by atoms with E-state index in [1.807, 2.05) is 6.07 Å². The first-order valence-corrected chi connectivity index (χ1v) is 10.2. The quantitative estimate of drug-likeness (QED) is 0.465. The van der Waals surface area contributed by atoms with Crippen molar-refractivity contribution in [2.24, 2.45) is 0 Å². The molecule has 3 N–H and O–H groups in total. The van der Waals surface area contributed by atoms with Gasteiger partial charge < -0.3 is 16.0 Å². The molecule has 3 aromatic rings. The van der Waals surface area contributed by atoms with Gasteiger partial charge in [0.15, 0.2) is 0 Å². The van der Waals surface area contributed by atoms with Gasteiger partial charge in [0.05, 0.1) is 11.3 Å². The third-order valence-electron chi connectivity index (χ3n) is 4.65. The van der Waals surface area contributed by atoms with Crippen molar-refractivity contribution >= 4 is 29.1 Å². The van der Waals surface area contributed by atoms with Crippen LogP contribution in [0.3, 0.4) is 0 Å². The molecular weight excluding hydrogens is 390 g/mol. The lowest BCUT2D eigenvalue weighted by atomic mass is 10.1. The minimum Gasteiger partial charge on any atom is -0.352 e. The van der Waals surface area contributed by atoms with Crippen LogP contribution in [-0.2, 0) is 0 Å². The van der Waals surface area contributed by atoms with Crippen LogP contribution in [-0.4, -0.2) is 24.3 Å². The summed E-state index contributed by atoms with van der Waals surface area (Å²) in [5.74, 6) is -0.856. The summed E-state index contributed by atoms with van der Waals surface area (Å²) in [6, 6.07) is 22.4. The lowest BCUT2D eigenvalue weighted by Gasteiger charge is -2.12. The number of hydrogen-bond donors (Lipinski definition) is 3. The second-order valence-electron chi connectivity index (χ2n) is 7.01. The van der Waals surface area contributed by atoms with E-state index in [0.29, 0.717) is 34.6 Å². The molecule has 6 heteroatoms. The Kier molecular flexibility index (Phi) is 7.54. The fraction of sp³-hybridized carbons (Fsp3) is 0.160. The molecule has 0 atom stereocenters. The van der Waals surface area contributed by atoms with Crippen molar-refractivity contribution in [3.8, 4) is 0 Å². The number of benzene rings is 3. The molecule has 3 rings (SSSR count). The zero-order chi connectivity index (χ0) is 22.1. The second kappa shape index (κ2) is 10.7. The summed E-state index contributed by atoms with van der Waals surface area (Å²) >= 11 is 0. The fourth-order valence-electron chi connectivity index (χ4n) is 2.99. The summed E-state index contributed by atoms with van der Waals surface area (Å²) in [5.41, 5.74) is 2.24. The smallest absolute Gasteiger partial charge is 0.255 e. The topological polar surface area (TPSA) is 87.3 Å². The predicted molar refractivity (Wildman–Crippen MR) is 122 cm³/mol. The van der Waals surface area contributed by atoms with Gasteiger partial charge in [0.2, 0.25) is 0 Å². The number of rotatable bonds is 8. The van der Waals surface area contributed by atoms with Crippen LogP contribution in [0.2, 0.25) is 0 Å². The SMILES string of the molecule is CCCCNC(=O)c1ccccc1NC(=O)c1cccc(NC(=O)c2ccccc2)c1. The Balaban J connectivity index is 1.71. The molecule has 3 aromatic carbocycles. The van der Waals surface area contributed by atoms with Crippen molar-refractivity contribution in [2.45, 2.75) is 19.8 Å². The molecule has 0 aliphatic carbocycles. The summed E-state index contributed by atoms with van der Waals surface area (Å²) in [4.78, 5) is 37.6. The second-order valence-corrected chi connectivity index (χ2v) is 7.01. The normalized spacial score (nSPS) is 10.2. The molecule has 0 saturated carbocycles. The Bertz CT molecular complexity index is 1060. The van der Waals surface area contributed by atoms with Crippen molar-refractivity contribution in [3.63, 3.8) is 0 Å². The molecule has 0 bridgehead atoms. The van der Waals surface area contributed by atoms with Crippen LogP contribution in [0.15, 0.2) is 78.9 Å². The molecule has 0 heterocycles. The van der Waals surface area contributed by atoms with Crippen LogP contribution < -0.4 is 16.0 Å². The van der Waals surface area contributed by atoms with Gasteiger partial charge in [-0.25, -0.2) is 0 Å². The molecule has 0 aliphatic rings. The van der Waals surface area contributed by atoms with E-state index in [1.54, 1.807) is 72.8 Å². The summed E-state index contributed by atoms with van der Waals surface area (Å²) in [6.45, 7) is 2.64. The minimum atomic E-state index is -0.371. The Morgan fingerprint density at radius 3 is 2.16 bits per heavy atom. The number of unbranched alkanes of at least 4 members (excludes halogenated alkanes) is 1. The van der Waals surface area contributed by atoms with Crippen LogP contribution in [0, 0.1) is 0 Å². The molecule has 0 aromatic heterocycles. The molecule has 0 spiro atoms. The molecule has 0 saturated heterocycles. The van der Waals surface area contributed by atoms with Gasteiger partial charge in [0, 0.05) is 23.4 Å². The Morgan fingerprint density at radius 1 is 0.710 bits per heavy atom.